The third-order valence-corrected chi connectivity index (χ3v) is 3.29. The van der Waals surface area contributed by atoms with E-state index in [0.717, 1.165) is 6.42 Å². The minimum absolute atomic E-state index is 0.218. The number of halogens is 2. The van der Waals surface area contributed by atoms with Gasteiger partial charge in [0.25, 0.3) is 0 Å². The lowest BCUT2D eigenvalue weighted by Gasteiger charge is -2.25. The molecule has 0 aromatic heterocycles. The van der Waals surface area contributed by atoms with Gasteiger partial charge in [0.2, 0.25) is 0 Å². The first-order chi connectivity index (χ1) is 8.60. The molecule has 1 aromatic rings. The summed E-state index contributed by atoms with van der Waals surface area (Å²) in [6.07, 6.45) is 1.67. The Morgan fingerprint density at radius 3 is 2.26 bits per heavy atom. The van der Waals surface area contributed by atoms with Crippen molar-refractivity contribution in [3.63, 3.8) is 0 Å². The summed E-state index contributed by atoms with van der Waals surface area (Å²) in [7, 11) is 0. The SMILES string of the molecule is Cc1cc(F)c(C(N)CC(C)CC(C)(C)C)cc1F. The Hall–Kier alpha value is -0.960. The fourth-order valence-corrected chi connectivity index (χ4v) is 2.63. The monoisotopic (exact) mass is 269 g/mol. The van der Waals surface area contributed by atoms with Crippen LogP contribution in [0.25, 0.3) is 0 Å². The van der Waals surface area contributed by atoms with Gasteiger partial charge in [-0.05, 0) is 48.8 Å². The standard InChI is InChI=1S/C16H25F2N/c1-10(9-16(3,4)5)6-15(19)12-8-13(17)11(2)7-14(12)18/h7-8,10,15H,6,9,19H2,1-5H3. The molecule has 0 aliphatic rings. The molecule has 0 spiro atoms. The zero-order chi connectivity index (χ0) is 14.8. The second-order valence-corrected chi connectivity index (χ2v) is 6.84. The predicted octanol–water partition coefficient (Wildman–Crippen LogP) is 4.74. The Morgan fingerprint density at radius 1 is 1.16 bits per heavy atom. The zero-order valence-corrected chi connectivity index (χ0v) is 12.6. The Balaban J connectivity index is 2.78. The van der Waals surface area contributed by atoms with E-state index < -0.39 is 17.7 Å². The van der Waals surface area contributed by atoms with Crippen molar-refractivity contribution in [2.45, 2.75) is 53.5 Å². The Bertz CT molecular complexity index is 435. The Morgan fingerprint density at radius 2 is 1.74 bits per heavy atom. The van der Waals surface area contributed by atoms with Crippen LogP contribution in [0.15, 0.2) is 12.1 Å². The van der Waals surface area contributed by atoms with Gasteiger partial charge in [-0.3, -0.25) is 0 Å². The molecule has 0 amide bonds. The molecule has 0 heterocycles. The molecule has 1 nitrogen and oxygen atoms in total. The molecule has 0 radical (unpaired) electrons. The Labute approximate surface area is 115 Å². The van der Waals surface area contributed by atoms with Crippen LogP contribution < -0.4 is 5.73 Å². The second kappa shape index (κ2) is 6.00. The highest BCUT2D eigenvalue weighted by Gasteiger charge is 2.20. The number of nitrogens with two attached hydrogens (primary N) is 1. The normalized spacial score (nSPS) is 15.4. The quantitative estimate of drug-likeness (QED) is 0.839. The number of hydrogen-bond acceptors (Lipinski definition) is 1. The number of hydrogen-bond donors (Lipinski definition) is 1. The first kappa shape index (κ1) is 16.1. The molecule has 1 aromatic carbocycles. The molecule has 0 aliphatic carbocycles. The van der Waals surface area contributed by atoms with E-state index in [2.05, 4.69) is 27.7 Å². The summed E-state index contributed by atoms with van der Waals surface area (Å²) < 4.78 is 27.3. The van der Waals surface area contributed by atoms with Crippen LogP contribution in [0, 0.1) is 29.9 Å². The molecule has 1 rings (SSSR count). The maximum atomic E-state index is 13.8. The lowest BCUT2D eigenvalue weighted by atomic mass is 9.82. The van der Waals surface area contributed by atoms with Crippen molar-refractivity contribution < 1.29 is 8.78 Å². The van der Waals surface area contributed by atoms with E-state index in [9.17, 15) is 8.78 Å². The van der Waals surface area contributed by atoms with Crippen LogP contribution in [0.5, 0.6) is 0 Å². The molecule has 0 saturated carbocycles. The van der Waals surface area contributed by atoms with E-state index in [1.165, 1.54) is 12.1 Å². The average Bonchev–Trinajstić information content (AvgIpc) is 2.20. The Kier molecular flexibility index (Phi) is 5.08. The van der Waals surface area contributed by atoms with Gasteiger partial charge in [-0.1, -0.05) is 27.7 Å². The fraction of sp³-hybridized carbons (Fsp3) is 0.625. The minimum atomic E-state index is -0.451. The maximum absolute atomic E-state index is 13.8. The van der Waals surface area contributed by atoms with Crippen molar-refractivity contribution in [1.82, 2.24) is 0 Å². The van der Waals surface area contributed by atoms with Crippen molar-refractivity contribution in [3.05, 3.63) is 34.9 Å². The second-order valence-electron chi connectivity index (χ2n) is 6.84. The topological polar surface area (TPSA) is 26.0 Å². The molecule has 108 valence electrons. The third-order valence-electron chi connectivity index (χ3n) is 3.29. The van der Waals surface area contributed by atoms with Gasteiger partial charge >= 0.3 is 0 Å². The van der Waals surface area contributed by atoms with Gasteiger partial charge in [-0.15, -0.1) is 0 Å². The summed E-state index contributed by atoms with van der Waals surface area (Å²) in [6.45, 7) is 10.2. The fourth-order valence-electron chi connectivity index (χ4n) is 2.63. The molecule has 19 heavy (non-hydrogen) atoms. The van der Waals surface area contributed by atoms with E-state index in [-0.39, 0.29) is 11.0 Å². The molecule has 0 aliphatic heterocycles. The van der Waals surface area contributed by atoms with Crippen LogP contribution >= 0.6 is 0 Å². The highest BCUT2D eigenvalue weighted by molar-refractivity contribution is 5.27. The molecule has 2 unspecified atom stereocenters. The molecule has 3 heteroatoms. The summed E-state index contributed by atoms with van der Waals surface area (Å²) in [4.78, 5) is 0. The summed E-state index contributed by atoms with van der Waals surface area (Å²) in [5.74, 6) is -0.427. The number of aryl methyl sites for hydroxylation is 1. The van der Waals surface area contributed by atoms with E-state index >= 15 is 0 Å². The third kappa shape index (κ3) is 4.90. The lowest BCUT2D eigenvalue weighted by Crippen LogP contribution is -2.19. The predicted molar refractivity (Wildman–Crippen MR) is 75.9 cm³/mol. The smallest absolute Gasteiger partial charge is 0.128 e. The van der Waals surface area contributed by atoms with Gasteiger partial charge < -0.3 is 5.73 Å². The maximum Gasteiger partial charge on any atom is 0.128 e. The first-order valence-corrected chi connectivity index (χ1v) is 6.81. The van der Waals surface area contributed by atoms with Crippen LogP contribution in [-0.4, -0.2) is 0 Å². The van der Waals surface area contributed by atoms with Crippen molar-refractivity contribution in [3.8, 4) is 0 Å². The summed E-state index contributed by atoms with van der Waals surface area (Å²) in [5.41, 5.74) is 6.84. The molecule has 0 fully saturated rings. The number of benzene rings is 1. The van der Waals surface area contributed by atoms with E-state index in [4.69, 9.17) is 5.73 Å². The number of rotatable bonds is 4. The van der Waals surface area contributed by atoms with E-state index in [0.29, 0.717) is 17.9 Å². The molecular weight excluding hydrogens is 244 g/mol. The summed E-state index contributed by atoms with van der Waals surface area (Å²) in [6, 6.07) is 2.01. The summed E-state index contributed by atoms with van der Waals surface area (Å²) >= 11 is 0. The lowest BCUT2D eigenvalue weighted by molar-refractivity contribution is 0.285. The van der Waals surface area contributed by atoms with Crippen LogP contribution in [0.1, 0.15) is 57.7 Å². The highest BCUT2D eigenvalue weighted by Crippen LogP contribution is 2.30. The van der Waals surface area contributed by atoms with Crippen LogP contribution in [0.4, 0.5) is 8.78 Å². The van der Waals surface area contributed by atoms with Crippen LogP contribution in [-0.2, 0) is 0 Å². The van der Waals surface area contributed by atoms with Crippen LogP contribution in [0.2, 0.25) is 0 Å². The molecule has 2 atom stereocenters. The van der Waals surface area contributed by atoms with E-state index in [1.807, 2.05) is 0 Å². The minimum Gasteiger partial charge on any atom is -0.324 e. The van der Waals surface area contributed by atoms with Gasteiger partial charge in [0.05, 0.1) is 0 Å². The molecular formula is C16H25F2N. The van der Waals surface area contributed by atoms with Crippen LogP contribution in [0.3, 0.4) is 0 Å². The van der Waals surface area contributed by atoms with E-state index in [1.54, 1.807) is 6.92 Å². The average molecular weight is 269 g/mol. The first-order valence-electron chi connectivity index (χ1n) is 6.81. The highest BCUT2D eigenvalue weighted by atomic mass is 19.1. The zero-order valence-electron chi connectivity index (χ0n) is 12.6. The summed E-state index contributed by atoms with van der Waals surface area (Å²) in [5, 5.41) is 0. The van der Waals surface area contributed by atoms with Gasteiger partial charge in [0.15, 0.2) is 0 Å². The van der Waals surface area contributed by atoms with Crippen molar-refractivity contribution in [2.75, 3.05) is 0 Å². The van der Waals surface area contributed by atoms with Crippen molar-refractivity contribution in [2.24, 2.45) is 17.1 Å². The van der Waals surface area contributed by atoms with Gasteiger partial charge in [0, 0.05) is 11.6 Å². The molecule has 0 saturated heterocycles. The van der Waals surface area contributed by atoms with Gasteiger partial charge in [-0.25, -0.2) is 8.78 Å². The molecule has 0 bridgehead atoms. The van der Waals surface area contributed by atoms with Gasteiger partial charge in [-0.2, -0.15) is 0 Å². The molecule has 2 N–H and O–H groups in total. The largest absolute Gasteiger partial charge is 0.324 e. The van der Waals surface area contributed by atoms with Crippen molar-refractivity contribution in [1.29, 1.82) is 0 Å². The van der Waals surface area contributed by atoms with Gasteiger partial charge in [0.1, 0.15) is 11.6 Å². The van der Waals surface area contributed by atoms with Crippen molar-refractivity contribution >= 4 is 0 Å².